The third-order valence-electron chi connectivity index (χ3n) is 7.50. The third kappa shape index (κ3) is 4.21. The van der Waals surface area contributed by atoms with Crippen molar-refractivity contribution in [3.8, 4) is 11.3 Å². The highest BCUT2D eigenvalue weighted by molar-refractivity contribution is 5.63. The zero-order chi connectivity index (χ0) is 23.5. The van der Waals surface area contributed by atoms with Gasteiger partial charge in [-0.15, -0.1) is 0 Å². The molecule has 0 amide bonds. The van der Waals surface area contributed by atoms with Gasteiger partial charge in [-0.25, -0.2) is 13.8 Å². The van der Waals surface area contributed by atoms with Crippen LogP contribution >= 0.6 is 0 Å². The zero-order valence-corrected chi connectivity index (χ0v) is 17.8. The summed E-state index contributed by atoms with van der Waals surface area (Å²) in [5.41, 5.74) is 5.26. The van der Waals surface area contributed by atoms with Crippen molar-refractivity contribution >= 4 is 5.82 Å². The van der Waals surface area contributed by atoms with Crippen LogP contribution in [0.1, 0.15) is 36.4 Å². The maximum atomic E-state index is 13.2. The molecule has 11 heteroatoms. The second kappa shape index (κ2) is 8.19. The number of nitrogens with two attached hydrogens (primary N) is 1. The van der Waals surface area contributed by atoms with Gasteiger partial charge in [0, 0.05) is 42.6 Å². The van der Waals surface area contributed by atoms with E-state index in [4.69, 9.17) is 5.73 Å². The fourth-order valence-electron chi connectivity index (χ4n) is 5.85. The fraction of sp³-hybridized carbons (Fsp3) is 0.636. The Morgan fingerprint density at radius 1 is 1.18 bits per heavy atom. The molecule has 3 fully saturated rings. The van der Waals surface area contributed by atoms with E-state index < -0.39 is 30.5 Å². The van der Waals surface area contributed by atoms with Gasteiger partial charge in [0.15, 0.2) is 0 Å². The topological polar surface area (TPSA) is 80.2 Å². The van der Waals surface area contributed by atoms with Crippen molar-refractivity contribution in [2.24, 2.45) is 17.8 Å². The lowest BCUT2D eigenvalue weighted by atomic mass is 10.0. The number of hydrogen-bond donors (Lipinski definition) is 2. The van der Waals surface area contributed by atoms with Gasteiger partial charge in [0.1, 0.15) is 12.4 Å². The van der Waals surface area contributed by atoms with Gasteiger partial charge in [-0.2, -0.15) is 18.3 Å². The Balaban J connectivity index is 1.37. The monoisotopic (exact) mass is 471 g/mol. The van der Waals surface area contributed by atoms with Crippen molar-refractivity contribution in [1.82, 2.24) is 19.7 Å². The molecule has 1 aliphatic heterocycles. The van der Waals surface area contributed by atoms with Crippen LogP contribution in [0.25, 0.3) is 11.3 Å². The Bertz CT molecular complexity index is 1010. The van der Waals surface area contributed by atoms with Crippen LogP contribution in [0, 0.1) is 17.8 Å². The molecule has 5 atom stereocenters. The minimum absolute atomic E-state index is 0.0846. The van der Waals surface area contributed by atoms with Gasteiger partial charge in [0.25, 0.3) is 6.43 Å². The maximum Gasteiger partial charge on any atom is 0.419 e. The number of fused-ring (bicyclic) bond motifs is 1. The van der Waals surface area contributed by atoms with Crippen molar-refractivity contribution in [1.29, 1.82) is 0 Å². The lowest BCUT2D eigenvalue weighted by molar-refractivity contribution is -0.137. The first-order valence-corrected chi connectivity index (χ1v) is 11.2. The minimum Gasteiger partial charge on any atom is -0.396 e. The van der Waals surface area contributed by atoms with E-state index in [1.54, 1.807) is 6.07 Å². The molecule has 0 bridgehead atoms. The summed E-state index contributed by atoms with van der Waals surface area (Å²) in [7, 11) is 0. The first kappa shape index (κ1) is 22.5. The molecule has 2 aliphatic carbocycles. The third-order valence-corrected chi connectivity index (χ3v) is 7.50. The van der Waals surface area contributed by atoms with E-state index in [2.05, 4.69) is 15.0 Å². The predicted molar refractivity (Wildman–Crippen MR) is 110 cm³/mol. The second-order valence-corrected chi connectivity index (χ2v) is 9.49. The number of aliphatic hydroxyl groups is 1. The Hall–Kier alpha value is -2.27. The number of alkyl halides is 5. The molecule has 3 N–H and O–H groups in total. The average molecular weight is 471 g/mol. The Morgan fingerprint density at radius 3 is 2.52 bits per heavy atom. The molecule has 2 aromatic heterocycles. The van der Waals surface area contributed by atoms with Gasteiger partial charge in [-0.3, -0.25) is 9.58 Å². The molecule has 2 saturated carbocycles. The number of aromatic nitrogens is 3. The molecule has 3 heterocycles. The lowest BCUT2D eigenvalue weighted by Crippen LogP contribution is -2.33. The molecule has 0 aromatic carbocycles. The number of aliphatic hydroxyl groups excluding tert-OH is 1. The number of rotatable bonds is 6. The molecule has 0 unspecified atom stereocenters. The van der Waals surface area contributed by atoms with Gasteiger partial charge in [-0.05, 0) is 55.7 Å². The highest BCUT2D eigenvalue weighted by Gasteiger charge is 2.59. The van der Waals surface area contributed by atoms with Crippen molar-refractivity contribution in [3.63, 3.8) is 0 Å². The van der Waals surface area contributed by atoms with Crippen molar-refractivity contribution in [2.75, 3.05) is 25.4 Å². The summed E-state index contributed by atoms with van der Waals surface area (Å²) in [5, 5.41) is 13.6. The van der Waals surface area contributed by atoms with E-state index in [1.165, 1.54) is 10.9 Å². The van der Waals surface area contributed by atoms with Crippen LogP contribution in [0.3, 0.4) is 0 Å². The van der Waals surface area contributed by atoms with E-state index in [0.29, 0.717) is 29.5 Å². The van der Waals surface area contributed by atoms with Crippen molar-refractivity contribution < 1.29 is 27.1 Å². The normalized spacial score (nSPS) is 29.7. The summed E-state index contributed by atoms with van der Waals surface area (Å²) in [5.74, 6) is 0.495. The van der Waals surface area contributed by atoms with Gasteiger partial charge < -0.3 is 10.8 Å². The van der Waals surface area contributed by atoms with E-state index in [-0.39, 0.29) is 23.8 Å². The molecular weight excluding hydrogens is 445 g/mol. The average Bonchev–Trinajstić information content (AvgIpc) is 3.21. The largest absolute Gasteiger partial charge is 0.419 e. The van der Waals surface area contributed by atoms with Crippen molar-refractivity contribution in [2.45, 2.75) is 50.4 Å². The second-order valence-electron chi connectivity index (χ2n) is 9.49. The molecule has 6 nitrogen and oxygen atoms in total. The van der Waals surface area contributed by atoms with Gasteiger partial charge in [-0.1, -0.05) is 0 Å². The molecule has 180 valence electrons. The molecule has 33 heavy (non-hydrogen) atoms. The van der Waals surface area contributed by atoms with E-state index in [9.17, 15) is 27.1 Å². The number of nitrogens with zero attached hydrogens (tertiary/aromatic N) is 4. The smallest absolute Gasteiger partial charge is 0.396 e. The van der Waals surface area contributed by atoms with Crippen LogP contribution in [0.2, 0.25) is 0 Å². The lowest BCUT2D eigenvalue weighted by Gasteiger charge is -2.26. The molecule has 3 aliphatic rings. The highest BCUT2D eigenvalue weighted by atomic mass is 19.4. The zero-order valence-electron chi connectivity index (χ0n) is 17.8. The number of halogens is 5. The fourth-order valence-corrected chi connectivity index (χ4v) is 5.85. The number of likely N-dealkylation sites (tertiary alicyclic amines) is 1. The molecule has 0 spiro atoms. The summed E-state index contributed by atoms with van der Waals surface area (Å²) in [6, 6.07) is 2.94. The van der Waals surface area contributed by atoms with Crippen LogP contribution < -0.4 is 5.73 Å². The van der Waals surface area contributed by atoms with Crippen LogP contribution in [-0.4, -0.2) is 56.9 Å². The quantitative estimate of drug-likeness (QED) is 0.630. The van der Waals surface area contributed by atoms with E-state index in [0.717, 1.165) is 38.4 Å². The minimum atomic E-state index is -4.67. The first-order chi connectivity index (χ1) is 15.7. The number of hydrogen-bond acceptors (Lipinski definition) is 5. The summed E-state index contributed by atoms with van der Waals surface area (Å²) in [4.78, 5) is 6.07. The van der Waals surface area contributed by atoms with E-state index >= 15 is 0 Å². The summed E-state index contributed by atoms with van der Waals surface area (Å²) in [6.07, 6.45) is -3.19. The molecular formula is C22H26F5N5O. The molecule has 0 radical (unpaired) electrons. The standard InChI is InChI=1S/C22H26F5N5O/c23-19(24)9-32-18(6-17(30-32)12-3-16(22(25,26)27)21(28)29-7-12)20-14-4-13(5-15(14)20)31-2-1-11(8-31)10-33/h3,6-7,11,13-15,19-20,33H,1-2,4-5,8-10H2,(H2,28,29)/t11-,13-,14+,15-,20-/m0/s1. The first-order valence-electron chi connectivity index (χ1n) is 11.2. The van der Waals surface area contributed by atoms with Gasteiger partial charge in [0.2, 0.25) is 0 Å². The van der Waals surface area contributed by atoms with Gasteiger partial charge >= 0.3 is 6.18 Å². The van der Waals surface area contributed by atoms with Gasteiger partial charge in [0.05, 0.1) is 11.3 Å². The van der Waals surface area contributed by atoms with Crippen LogP contribution in [-0.2, 0) is 12.7 Å². The summed E-state index contributed by atoms with van der Waals surface area (Å²) < 4.78 is 67.4. The van der Waals surface area contributed by atoms with Crippen LogP contribution in [0.5, 0.6) is 0 Å². The predicted octanol–water partition coefficient (Wildman–Crippen LogP) is 3.62. The van der Waals surface area contributed by atoms with Crippen LogP contribution in [0.15, 0.2) is 18.3 Å². The Labute approximate surface area is 187 Å². The number of nitrogen functional groups attached to an aromatic ring is 1. The Morgan fingerprint density at radius 2 is 1.91 bits per heavy atom. The summed E-state index contributed by atoms with van der Waals surface area (Å²) >= 11 is 0. The summed E-state index contributed by atoms with van der Waals surface area (Å²) in [6.45, 7) is 1.46. The highest BCUT2D eigenvalue weighted by Crippen LogP contribution is 2.64. The molecule has 2 aromatic rings. The molecule has 1 saturated heterocycles. The Kier molecular flexibility index (Phi) is 5.59. The van der Waals surface area contributed by atoms with Crippen molar-refractivity contribution in [3.05, 3.63) is 29.6 Å². The van der Waals surface area contributed by atoms with Crippen LogP contribution in [0.4, 0.5) is 27.8 Å². The number of anilines is 1. The van der Waals surface area contributed by atoms with E-state index in [1.807, 2.05) is 0 Å². The SMILES string of the molecule is Nc1ncc(-c2cc([C@H]3[C@@H]4C[C@H](N5CC[C@H](CO)C5)C[C@@H]43)n(CC(F)F)n2)cc1C(F)(F)F. The molecule has 5 rings (SSSR count). The number of pyridine rings is 1. The maximum absolute atomic E-state index is 13.2.